The second-order valence-corrected chi connectivity index (χ2v) is 8.33. The Kier molecular flexibility index (Phi) is 33.8. The Morgan fingerprint density at radius 2 is 1.31 bits per heavy atom. The highest BCUT2D eigenvalue weighted by molar-refractivity contribution is 7.45. The quantitative estimate of drug-likeness (QED) is 0.0753. The monoisotopic (exact) mass is 596 g/mol. The number of aliphatic hydroxyl groups is 2. The Labute approximate surface area is 230 Å². The first-order valence-electron chi connectivity index (χ1n) is 12.6. The van der Waals surface area contributed by atoms with Crippen LogP contribution in [0, 0.1) is 0 Å². The molecule has 0 aromatic rings. The van der Waals surface area contributed by atoms with Crippen molar-refractivity contribution in [2.75, 3.05) is 92.4 Å². The van der Waals surface area contributed by atoms with Gasteiger partial charge in [-0.1, -0.05) is 0 Å². The van der Waals surface area contributed by atoms with Crippen LogP contribution < -0.4 is 16.4 Å². The van der Waals surface area contributed by atoms with Crippen molar-refractivity contribution < 1.29 is 72.5 Å². The zero-order valence-electron chi connectivity index (χ0n) is 23.6. The van der Waals surface area contributed by atoms with Crippen LogP contribution in [-0.2, 0) is 51.6 Å². The van der Waals surface area contributed by atoms with E-state index in [-0.39, 0.29) is 59.5 Å². The third-order valence-electron chi connectivity index (χ3n) is 3.65. The van der Waals surface area contributed by atoms with Crippen molar-refractivity contribution >= 4 is 19.8 Å². The lowest BCUT2D eigenvalue weighted by molar-refractivity contribution is -0.373. The van der Waals surface area contributed by atoms with Crippen molar-refractivity contribution in [1.82, 2.24) is 0 Å². The van der Waals surface area contributed by atoms with Crippen LogP contribution in [0.5, 0.6) is 0 Å². The molecule has 0 radical (unpaired) electrons. The fraction of sp³-hybridized carbons (Fsp3) is 0.909. The molecule has 0 amide bonds. The van der Waals surface area contributed by atoms with E-state index in [0.29, 0.717) is 32.9 Å². The Hall–Kier alpha value is -1.27. The molecular weight excluding hydrogens is 547 g/mol. The number of carbonyl (C=O) groups is 2. The molecule has 0 aliphatic heterocycles. The van der Waals surface area contributed by atoms with Crippen LogP contribution in [0.15, 0.2) is 0 Å². The molecule has 0 aromatic carbocycles. The third kappa shape index (κ3) is 32.8. The van der Waals surface area contributed by atoms with E-state index in [9.17, 15) is 19.0 Å². The number of esters is 2. The summed E-state index contributed by atoms with van der Waals surface area (Å²) < 4.78 is 50.4. The first kappa shape index (κ1) is 42.2. The average Bonchev–Trinajstić information content (AvgIpc) is 2.92. The third-order valence-corrected chi connectivity index (χ3v) is 4.61. The molecule has 0 bridgehead atoms. The van der Waals surface area contributed by atoms with Crippen molar-refractivity contribution in [3.8, 4) is 0 Å². The smallest absolute Gasteiger partial charge is 0.332 e. The van der Waals surface area contributed by atoms with Crippen molar-refractivity contribution in [3.05, 3.63) is 0 Å². The van der Waals surface area contributed by atoms with Gasteiger partial charge in [-0.25, -0.2) is 9.59 Å². The van der Waals surface area contributed by atoms with Gasteiger partial charge >= 0.3 is 11.9 Å². The lowest BCUT2D eigenvalue weighted by atomic mass is 10.4. The Morgan fingerprint density at radius 3 is 1.69 bits per heavy atom. The molecule has 3 unspecified atom stereocenters. The van der Waals surface area contributed by atoms with Crippen LogP contribution >= 0.6 is 7.82 Å². The number of quaternary nitrogens is 1. The second-order valence-electron chi connectivity index (χ2n) is 6.92. The number of hydrogen-bond acceptors (Lipinski definition) is 15. The summed E-state index contributed by atoms with van der Waals surface area (Å²) >= 11 is 0. The van der Waals surface area contributed by atoms with Gasteiger partial charge in [-0.15, -0.1) is 0 Å². The summed E-state index contributed by atoms with van der Waals surface area (Å²) in [5.41, 5.74) is 8.23. The minimum Gasteiger partial charge on any atom is -0.756 e. The van der Waals surface area contributed by atoms with E-state index in [2.05, 4.69) is 19.5 Å². The van der Waals surface area contributed by atoms with Crippen molar-refractivity contribution in [1.29, 1.82) is 0 Å². The van der Waals surface area contributed by atoms with Gasteiger partial charge < -0.3 is 64.0 Å². The number of phosphoric ester groups is 1. The van der Waals surface area contributed by atoms with Crippen LogP contribution in [0.4, 0.5) is 0 Å². The van der Waals surface area contributed by atoms with Gasteiger partial charge in [0.1, 0.15) is 32.0 Å². The van der Waals surface area contributed by atoms with E-state index in [1.807, 2.05) is 6.92 Å². The second kappa shape index (κ2) is 31.3. The number of ether oxygens (including phenoxy) is 6. The Balaban J connectivity index is -0.000000618. The van der Waals surface area contributed by atoms with Crippen molar-refractivity contribution in [3.63, 3.8) is 0 Å². The molecule has 0 aromatic heterocycles. The number of aliphatic hydroxyl groups excluding tert-OH is 2. The summed E-state index contributed by atoms with van der Waals surface area (Å²) in [4.78, 5) is 33.4. The van der Waals surface area contributed by atoms with Crippen LogP contribution in [0.25, 0.3) is 0 Å². The van der Waals surface area contributed by atoms with Crippen LogP contribution in [0.3, 0.4) is 0 Å². The van der Waals surface area contributed by atoms with Crippen molar-refractivity contribution in [2.24, 2.45) is 5.73 Å². The van der Waals surface area contributed by atoms with Gasteiger partial charge in [-0.3, -0.25) is 4.57 Å². The number of carbonyl (C=O) groups excluding carboxylic acids is 2. The molecule has 7 N–H and O–H groups in total. The zero-order chi connectivity index (χ0) is 30.4. The lowest BCUT2D eigenvalue weighted by Crippen LogP contribution is -2.52. The zero-order valence-corrected chi connectivity index (χ0v) is 24.5. The van der Waals surface area contributed by atoms with E-state index in [1.165, 1.54) is 0 Å². The largest absolute Gasteiger partial charge is 0.756 e. The molecule has 0 saturated heterocycles. The first-order valence-corrected chi connectivity index (χ1v) is 14.1. The van der Waals surface area contributed by atoms with Crippen LogP contribution in [0.2, 0.25) is 0 Å². The maximum Gasteiger partial charge on any atom is 0.332 e. The predicted octanol–water partition coefficient (Wildman–Crippen LogP) is -2.38. The van der Waals surface area contributed by atoms with E-state index in [4.69, 9.17) is 39.6 Å². The molecule has 39 heavy (non-hydrogen) atoms. The highest BCUT2D eigenvalue weighted by atomic mass is 31.2. The summed E-state index contributed by atoms with van der Waals surface area (Å²) in [6.45, 7) is 8.73. The molecule has 3 atom stereocenters. The summed E-state index contributed by atoms with van der Waals surface area (Å²) in [6.07, 6.45) is -1.18. The molecule has 0 spiro atoms. The van der Waals surface area contributed by atoms with Gasteiger partial charge in [-0.2, -0.15) is 0 Å². The van der Waals surface area contributed by atoms with Gasteiger partial charge in [0.15, 0.2) is 0 Å². The summed E-state index contributed by atoms with van der Waals surface area (Å²) in [5.74, 6) is -0.972. The normalized spacial score (nSPS) is 13.6. The maximum absolute atomic E-state index is 11.4. The molecule has 0 aliphatic carbocycles. The van der Waals surface area contributed by atoms with Gasteiger partial charge in [0.2, 0.25) is 0 Å². The highest BCUT2D eigenvalue weighted by Gasteiger charge is 2.17. The van der Waals surface area contributed by atoms with Gasteiger partial charge in [0.05, 0.1) is 52.8 Å². The number of hydrogen-bond donors (Lipinski definition) is 4. The summed E-state index contributed by atoms with van der Waals surface area (Å²) in [7, 11) is -4.40. The fourth-order valence-electron chi connectivity index (χ4n) is 1.96. The number of nitrogens with two attached hydrogens (primary N) is 1. The highest BCUT2D eigenvalue weighted by Crippen LogP contribution is 2.37. The number of phosphoric acid groups is 1. The van der Waals surface area contributed by atoms with Crippen LogP contribution in [-0.4, -0.2) is 127 Å². The molecule has 236 valence electrons. The minimum absolute atomic E-state index is 0.0550. The van der Waals surface area contributed by atoms with Gasteiger partial charge in [0.25, 0.3) is 7.82 Å². The van der Waals surface area contributed by atoms with Gasteiger partial charge in [0, 0.05) is 19.8 Å². The fourth-order valence-corrected chi connectivity index (χ4v) is 2.74. The summed E-state index contributed by atoms with van der Waals surface area (Å²) in [6, 6.07) is 0. The number of rotatable bonds is 22. The Bertz CT molecular complexity index is 601. The van der Waals surface area contributed by atoms with Crippen molar-refractivity contribution in [2.45, 2.75) is 39.9 Å². The van der Waals surface area contributed by atoms with E-state index in [0.717, 1.165) is 0 Å². The average molecular weight is 597 g/mol. The minimum atomic E-state index is -4.40. The molecule has 16 nitrogen and oxygen atoms in total. The van der Waals surface area contributed by atoms with Crippen LogP contribution in [0.1, 0.15) is 27.7 Å². The predicted molar refractivity (Wildman–Crippen MR) is 136 cm³/mol. The van der Waals surface area contributed by atoms with E-state index >= 15 is 0 Å². The molecule has 0 aliphatic rings. The molecule has 0 rings (SSSR count). The SMILES string of the molecule is CCOCC(CO)OCC(=O)OCC.CCOCC(COP(=O)([O-])OCC[NH3+])OCC(=O)OCC.NCCO. The molecule has 0 fully saturated rings. The first-order chi connectivity index (χ1) is 18.6. The molecular formula is C22H49N2O14P. The van der Waals surface area contributed by atoms with E-state index < -0.39 is 32.0 Å². The molecule has 0 saturated carbocycles. The molecule has 17 heteroatoms. The lowest BCUT2D eigenvalue weighted by Gasteiger charge is -2.25. The molecule has 0 heterocycles. The topological polar surface area (TPSA) is 242 Å². The Morgan fingerprint density at radius 1 is 0.846 bits per heavy atom. The standard InChI is InChI=1S/C11H24NO8P.C9H18O5.C2H7NO/c1-3-16-7-10(18-9-11(13)17-4-2)8-20-21(14,15)19-6-5-12;1-3-12-6-8(5-10)14-7-9(11)13-4-2;3-1-2-4/h10H,3-9,12H2,1-2H3,(H,14,15);8,10H,3-7H2,1-2H3;4H,1-3H2. The maximum atomic E-state index is 11.4. The summed E-state index contributed by atoms with van der Waals surface area (Å²) in [5, 5.41) is 16.6. The van der Waals surface area contributed by atoms with Gasteiger partial charge in [-0.05, 0) is 27.7 Å². The van der Waals surface area contributed by atoms with E-state index in [1.54, 1.807) is 20.8 Å².